The lowest BCUT2D eigenvalue weighted by Crippen LogP contribution is -2.49. The van der Waals surface area contributed by atoms with Crippen molar-refractivity contribution in [1.82, 2.24) is 4.90 Å². The Bertz CT molecular complexity index is 910. The van der Waals surface area contributed by atoms with Crippen molar-refractivity contribution < 1.29 is 9.59 Å². The van der Waals surface area contributed by atoms with Gasteiger partial charge in [-0.2, -0.15) is 0 Å². The van der Waals surface area contributed by atoms with E-state index in [4.69, 9.17) is 0 Å². The van der Waals surface area contributed by atoms with Gasteiger partial charge in [-0.25, -0.2) is 0 Å². The average molecular weight is 463 g/mol. The third-order valence-electron chi connectivity index (χ3n) is 6.90. The molecule has 1 unspecified atom stereocenters. The first-order valence-corrected chi connectivity index (χ1v) is 13.3. The summed E-state index contributed by atoms with van der Waals surface area (Å²) in [7, 11) is 0. The molecule has 0 aromatic heterocycles. The molecule has 34 heavy (non-hydrogen) atoms. The molecule has 2 amide bonds. The monoisotopic (exact) mass is 462 g/mol. The highest BCUT2D eigenvalue weighted by atomic mass is 16.2. The molecule has 0 aliphatic carbocycles. The zero-order chi connectivity index (χ0) is 24.3. The largest absolute Gasteiger partial charge is 0.342 e. The van der Waals surface area contributed by atoms with Crippen LogP contribution in [-0.2, 0) is 22.6 Å². The van der Waals surface area contributed by atoms with Gasteiger partial charge in [-0.1, -0.05) is 100 Å². The van der Waals surface area contributed by atoms with Crippen LogP contribution in [0.25, 0.3) is 0 Å². The second kappa shape index (κ2) is 13.3. The van der Waals surface area contributed by atoms with Crippen molar-refractivity contribution in [3.8, 4) is 0 Å². The summed E-state index contributed by atoms with van der Waals surface area (Å²) in [6, 6.07) is 16.4. The summed E-state index contributed by atoms with van der Waals surface area (Å²) in [6.07, 6.45) is 9.53. The molecule has 0 N–H and O–H groups in total. The third kappa shape index (κ3) is 6.94. The number of anilines is 1. The van der Waals surface area contributed by atoms with E-state index in [1.165, 1.54) is 31.2 Å². The first kappa shape index (κ1) is 26.0. The second-order valence-electron chi connectivity index (χ2n) is 9.74. The summed E-state index contributed by atoms with van der Waals surface area (Å²) in [4.78, 5) is 31.3. The van der Waals surface area contributed by atoms with Crippen LogP contribution in [0.2, 0.25) is 0 Å². The molecule has 4 heteroatoms. The molecular weight excluding hydrogens is 420 g/mol. The number of hydrogen-bond acceptors (Lipinski definition) is 2. The van der Waals surface area contributed by atoms with Crippen molar-refractivity contribution in [2.45, 2.75) is 85.1 Å². The summed E-state index contributed by atoms with van der Waals surface area (Å²) in [5.41, 5.74) is 4.31. The van der Waals surface area contributed by atoms with E-state index in [0.29, 0.717) is 13.0 Å². The van der Waals surface area contributed by atoms with Gasteiger partial charge in [0.15, 0.2) is 0 Å². The van der Waals surface area contributed by atoms with Crippen molar-refractivity contribution in [3.05, 3.63) is 65.2 Å². The van der Waals surface area contributed by atoms with Gasteiger partial charge in [0, 0.05) is 18.8 Å². The van der Waals surface area contributed by atoms with Gasteiger partial charge in [-0.05, 0) is 43.4 Å². The number of aryl methyl sites for hydroxylation is 1. The maximum atomic E-state index is 13.8. The molecule has 0 fully saturated rings. The van der Waals surface area contributed by atoms with E-state index in [9.17, 15) is 9.59 Å². The van der Waals surface area contributed by atoms with Crippen LogP contribution >= 0.6 is 0 Å². The van der Waals surface area contributed by atoms with E-state index < -0.39 is 5.92 Å². The lowest BCUT2D eigenvalue weighted by atomic mass is 9.90. The van der Waals surface area contributed by atoms with Crippen molar-refractivity contribution in [2.24, 2.45) is 5.92 Å². The molecule has 4 nitrogen and oxygen atoms in total. The maximum Gasteiger partial charge on any atom is 0.240 e. The van der Waals surface area contributed by atoms with E-state index in [1.54, 1.807) is 0 Å². The summed E-state index contributed by atoms with van der Waals surface area (Å²) in [5.74, 6) is -0.671. The Labute approximate surface area is 206 Å². The van der Waals surface area contributed by atoms with Crippen LogP contribution in [0.1, 0.15) is 81.9 Å². The summed E-state index contributed by atoms with van der Waals surface area (Å²) in [6.45, 7) is 8.48. The minimum Gasteiger partial charge on any atom is -0.342 e. The molecule has 0 saturated heterocycles. The Morgan fingerprint density at radius 2 is 1.50 bits per heavy atom. The predicted molar refractivity (Wildman–Crippen MR) is 141 cm³/mol. The molecule has 0 radical (unpaired) electrons. The molecule has 0 spiro atoms. The topological polar surface area (TPSA) is 40.6 Å². The molecule has 3 rings (SSSR count). The van der Waals surface area contributed by atoms with E-state index in [0.717, 1.165) is 55.6 Å². The first-order chi connectivity index (χ1) is 16.5. The van der Waals surface area contributed by atoms with E-state index >= 15 is 0 Å². The number of amides is 2. The average Bonchev–Trinajstić information content (AvgIpc) is 2.85. The molecule has 0 bridgehead atoms. The Morgan fingerprint density at radius 3 is 2.12 bits per heavy atom. The first-order valence-electron chi connectivity index (χ1n) is 13.3. The fraction of sp³-hybridized carbons (Fsp3) is 0.533. The minimum atomic E-state index is -0.627. The molecular formula is C30H42N2O2. The molecule has 1 atom stereocenters. The Balaban J connectivity index is 1.79. The quantitative estimate of drug-likeness (QED) is 0.246. The fourth-order valence-electron chi connectivity index (χ4n) is 4.80. The number of unbranched alkanes of at least 4 members (excludes halogenated alkanes) is 6. The van der Waals surface area contributed by atoms with Crippen LogP contribution in [0.5, 0.6) is 0 Å². The van der Waals surface area contributed by atoms with Crippen molar-refractivity contribution in [1.29, 1.82) is 0 Å². The molecule has 184 valence electrons. The third-order valence-corrected chi connectivity index (χ3v) is 6.90. The number of carbonyl (C=O) groups is 2. The zero-order valence-electron chi connectivity index (χ0n) is 21.4. The van der Waals surface area contributed by atoms with Gasteiger partial charge in [0.25, 0.3) is 0 Å². The van der Waals surface area contributed by atoms with Crippen LogP contribution in [0.4, 0.5) is 5.69 Å². The fourth-order valence-corrected chi connectivity index (χ4v) is 4.80. The van der Waals surface area contributed by atoms with E-state index in [-0.39, 0.29) is 11.8 Å². The van der Waals surface area contributed by atoms with Crippen LogP contribution in [0.15, 0.2) is 48.5 Å². The lowest BCUT2D eigenvalue weighted by molar-refractivity contribution is -0.141. The number of hydrogen-bond donors (Lipinski definition) is 0. The van der Waals surface area contributed by atoms with E-state index in [2.05, 4.69) is 51.1 Å². The normalized spacial score (nSPS) is 15.3. The zero-order valence-corrected chi connectivity index (χ0v) is 21.4. The van der Waals surface area contributed by atoms with Gasteiger partial charge in [-0.3, -0.25) is 9.59 Å². The smallest absolute Gasteiger partial charge is 0.240 e. The number of rotatable bonds is 13. The van der Waals surface area contributed by atoms with E-state index in [1.807, 2.05) is 28.0 Å². The van der Waals surface area contributed by atoms with Crippen molar-refractivity contribution >= 4 is 17.5 Å². The molecule has 2 aromatic carbocycles. The van der Waals surface area contributed by atoms with Gasteiger partial charge in [0.05, 0.1) is 6.54 Å². The Hall–Kier alpha value is -2.62. The molecule has 1 heterocycles. The summed E-state index contributed by atoms with van der Waals surface area (Å²) < 4.78 is 0. The molecule has 1 aliphatic heterocycles. The van der Waals surface area contributed by atoms with Gasteiger partial charge >= 0.3 is 0 Å². The maximum absolute atomic E-state index is 13.8. The molecule has 1 aliphatic rings. The highest BCUT2D eigenvalue weighted by Gasteiger charge is 2.39. The SMILES string of the molecule is CCCCCCN(CCCCCC)C(=O)C1Cc2ccccc2N(Cc2ccc(C)cc2)C1=O. The standard InChI is InChI=1S/C30H42N2O2/c1-4-6-8-12-20-31(21-13-9-7-5-2)29(33)27-22-26-14-10-11-15-28(26)32(30(27)34)23-25-18-16-24(3)17-19-25/h10-11,14-19,27H,4-9,12-13,20-23H2,1-3H3. The number of para-hydroxylation sites is 1. The highest BCUT2D eigenvalue weighted by Crippen LogP contribution is 2.33. The highest BCUT2D eigenvalue weighted by molar-refractivity contribution is 6.09. The van der Waals surface area contributed by atoms with Crippen LogP contribution in [-0.4, -0.2) is 29.8 Å². The van der Waals surface area contributed by atoms with Gasteiger partial charge in [0.1, 0.15) is 5.92 Å². The summed E-state index contributed by atoms with van der Waals surface area (Å²) >= 11 is 0. The number of carbonyl (C=O) groups excluding carboxylic acids is 2. The van der Waals surface area contributed by atoms with Crippen molar-refractivity contribution in [3.63, 3.8) is 0 Å². The Kier molecular flexibility index (Phi) is 10.2. The Morgan fingerprint density at radius 1 is 0.882 bits per heavy atom. The minimum absolute atomic E-state index is 0.0152. The molecule has 2 aromatic rings. The number of fused-ring (bicyclic) bond motifs is 1. The van der Waals surface area contributed by atoms with Crippen LogP contribution in [0, 0.1) is 12.8 Å². The van der Waals surface area contributed by atoms with Crippen LogP contribution < -0.4 is 4.90 Å². The second-order valence-corrected chi connectivity index (χ2v) is 9.74. The van der Waals surface area contributed by atoms with Gasteiger partial charge in [-0.15, -0.1) is 0 Å². The van der Waals surface area contributed by atoms with Crippen LogP contribution in [0.3, 0.4) is 0 Å². The molecule has 0 saturated carbocycles. The van der Waals surface area contributed by atoms with Gasteiger partial charge in [0.2, 0.25) is 11.8 Å². The van der Waals surface area contributed by atoms with Crippen molar-refractivity contribution in [2.75, 3.05) is 18.0 Å². The van der Waals surface area contributed by atoms with Gasteiger partial charge < -0.3 is 9.80 Å². The number of nitrogens with zero attached hydrogens (tertiary/aromatic N) is 2. The predicted octanol–water partition coefficient (Wildman–Crippen LogP) is 6.69. The lowest BCUT2D eigenvalue weighted by Gasteiger charge is -2.36. The number of benzene rings is 2. The summed E-state index contributed by atoms with van der Waals surface area (Å²) in [5, 5.41) is 0.